The molecule has 0 aliphatic heterocycles. The van der Waals surface area contributed by atoms with E-state index in [0.29, 0.717) is 21.3 Å². The number of nitrogens with zero attached hydrogens (tertiary/aromatic N) is 2. The lowest BCUT2D eigenvalue weighted by atomic mass is 10.1. The van der Waals surface area contributed by atoms with Crippen molar-refractivity contribution in [3.05, 3.63) is 51.8 Å². The zero-order valence-electron chi connectivity index (χ0n) is 12.3. The van der Waals surface area contributed by atoms with Crippen LogP contribution in [0, 0.1) is 0 Å². The molecule has 1 aromatic heterocycles. The first kappa shape index (κ1) is 16.8. The second-order valence-electron chi connectivity index (χ2n) is 5.18. The Balaban J connectivity index is 2.02. The number of benzene rings is 1. The highest BCUT2D eigenvalue weighted by Crippen LogP contribution is 2.23. The number of aliphatic hydroxyl groups is 1. The molecule has 1 unspecified atom stereocenters. The number of hydrogen-bond donors (Lipinski definition) is 2. The minimum Gasteiger partial charge on any atom is -0.387 e. The van der Waals surface area contributed by atoms with Crippen LogP contribution in [-0.4, -0.2) is 27.3 Å². The van der Waals surface area contributed by atoms with Crippen LogP contribution in [0.25, 0.3) is 0 Å². The van der Waals surface area contributed by atoms with Crippen LogP contribution in [0.1, 0.15) is 42.0 Å². The maximum atomic E-state index is 12.2. The topological polar surface area (TPSA) is 67.2 Å². The monoisotopic (exact) mass is 341 g/mol. The molecule has 7 heteroatoms. The molecule has 1 aromatic carbocycles. The van der Waals surface area contributed by atoms with Crippen LogP contribution in [0.2, 0.25) is 10.0 Å². The van der Waals surface area contributed by atoms with Gasteiger partial charge in [0.25, 0.3) is 5.91 Å². The van der Waals surface area contributed by atoms with Gasteiger partial charge in [0.05, 0.1) is 6.10 Å². The third kappa shape index (κ3) is 4.00. The zero-order chi connectivity index (χ0) is 16.3. The lowest BCUT2D eigenvalue weighted by molar-refractivity contribution is 0.0904. The molecule has 2 N–H and O–H groups in total. The molecule has 0 saturated heterocycles. The van der Waals surface area contributed by atoms with Crippen molar-refractivity contribution in [3.8, 4) is 0 Å². The molecule has 0 bridgehead atoms. The Morgan fingerprint density at radius 1 is 1.32 bits per heavy atom. The zero-order valence-corrected chi connectivity index (χ0v) is 13.8. The number of rotatable bonds is 5. The van der Waals surface area contributed by atoms with E-state index in [1.165, 1.54) is 0 Å². The standard InChI is InChI=1S/C15H17Cl2N3O2/c1-9(2)20-13(3-4-19-20)15(22)18-8-14(21)10-5-11(16)7-12(17)6-10/h3-7,9,14,21H,8H2,1-2H3,(H,18,22). The lowest BCUT2D eigenvalue weighted by Gasteiger charge is -2.14. The molecule has 0 fully saturated rings. The lowest BCUT2D eigenvalue weighted by Crippen LogP contribution is -2.30. The third-order valence-corrected chi connectivity index (χ3v) is 3.55. The molecular weight excluding hydrogens is 325 g/mol. The highest BCUT2D eigenvalue weighted by molar-refractivity contribution is 6.34. The molecule has 2 aromatic rings. The first-order chi connectivity index (χ1) is 10.4. The van der Waals surface area contributed by atoms with Crippen LogP contribution in [0.5, 0.6) is 0 Å². The van der Waals surface area contributed by atoms with E-state index in [2.05, 4.69) is 10.4 Å². The summed E-state index contributed by atoms with van der Waals surface area (Å²) in [6.07, 6.45) is 0.679. The maximum Gasteiger partial charge on any atom is 0.269 e. The number of aromatic nitrogens is 2. The quantitative estimate of drug-likeness (QED) is 0.877. The molecule has 5 nitrogen and oxygen atoms in total. The Hall–Kier alpha value is -1.56. The van der Waals surface area contributed by atoms with E-state index < -0.39 is 6.10 Å². The van der Waals surface area contributed by atoms with Gasteiger partial charge in [-0.2, -0.15) is 5.10 Å². The SMILES string of the molecule is CC(C)n1nccc1C(=O)NCC(O)c1cc(Cl)cc(Cl)c1. The van der Waals surface area contributed by atoms with E-state index in [1.807, 2.05) is 13.8 Å². The van der Waals surface area contributed by atoms with Crippen LogP contribution in [0.4, 0.5) is 0 Å². The Morgan fingerprint density at radius 2 is 1.95 bits per heavy atom. The van der Waals surface area contributed by atoms with Crippen molar-refractivity contribution < 1.29 is 9.90 Å². The van der Waals surface area contributed by atoms with Gasteiger partial charge in [0, 0.05) is 28.8 Å². The van der Waals surface area contributed by atoms with Crippen LogP contribution >= 0.6 is 23.2 Å². The van der Waals surface area contributed by atoms with Crippen LogP contribution in [0.3, 0.4) is 0 Å². The van der Waals surface area contributed by atoms with E-state index in [-0.39, 0.29) is 18.5 Å². The minimum absolute atomic E-state index is 0.0543. The maximum absolute atomic E-state index is 12.2. The van der Waals surface area contributed by atoms with Gasteiger partial charge in [-0.05, 0) is 43.7 Å². The van der Waals surface area contributed by atoms with Crippen LogP contribution < -0.4 is 5.32 Å². The fourth-order valence-electron chi connectivity index (χ4n) is 2.07. The normalized spacial score (nSPS) is 12.5. The van der Waals surface area contributed by atoms with Gasteiger partial charge >= 0.3 is 0 Å². The molecule has 2 rings (SSSR count). The molecule has 118 valence electrons. The number of nitrogens with one attached hydrogen (secondary N) is 1. The summed E-state index contributed by atoms with van der Waals surface area (Å²) in [6, 6.07) is 6.52. The summed E-state index contributed by atoms with van der Waals surface area (Å²) >= 11 is 11.8. The highest BCUT2D eigenvalue weighted by Gasteiger charge is 2.16. The summed E-state index contributed by atoms with van der Waals surface area (Å²) in [4.78, 5) is 12.2. The summed E-state index contributed by atoms with van der Waals surface area (Å²) in [5, 5.41) is 17.8. The first-order valence-electron chi connectivity index (χ1n) is 6.84. The molecular formula is C15H17Cl2N3O2. The Kier molecular flexibility index (Phi) is 5.45. The fraction of sp³-hybridized carbons (Fsp3) is 0.333. The number of amides is 1. The Bertz CT molecular complexity index is 650. The summed E-state index contributed by atoms with van der Waals surface area (Å²) in [6.45, 7) is 3.93. The smallest absolute Gasteiger partial charge is 0.269 e. The highest BCUT2D eigenvalue weighted by atomic mass is 35.5. The van der Waals surface area contributed by atoms with Crippen molar-refractivity contribution >= 4 is 29.1 Å². The number of hydrogen-bond acceptors (Lipinski definition) is 3. The second kappa shape index (κ2) is 7.13. The molecule has 1 amide bonds. The first-order valence-corrected chi connectivity index (χ1v) is 7.60. The van der Waals surface area contributed by atoms with Crippen molar-refractivity contribution in [1.82, 2.24) is 15.1 Å². The average molecular weight is 342 g/mol. The van der Waals surface area contributed by atoms with Crippen LogP contribution in [-0.2, 0) is 0 Å². The van der Waals surface area contributed by atoms with Gasteiger partial charge in [0.2, 0.25) is 0 Å². The van der Waals surface area contributed by atoms with Gasteiger partial charge in [0.15, 0.2) is 0 Å². The summed E-state index contributed by atoms with van der Waals surface area (Å²) in [5.74, 6) is -0.293. The number of carbonyl (C=O) groups excluding carboxylic acids is 1. The van der Waals surface area contributed by atoms with Gasteiger partial charge in [-0.1, -0.05) is 23.2 Å². The van der Waals surface area contributed by atoms with E-state index >= 15 is 0 Å². The van der Waals surface area contributed by atoms with Crippen molar-refractivity contribution in [1.29, 1.82) is 0 Å². The molecule has 0 aliphatic carbocycles. The summed E-state index contributed by atoms with van der Waals surface area (Å²) in [7, 11) is 0. The number of halogens is 2. The average Bonchev–Trinajstić information content (AvgIpc) is 2.93. The van der Waals surface area contributed by atoms with E-state index in [4.69, 9.17) is 23.2 Å². The third-order valence-electron chi connectivity index (χ3n) is 3.12. The Morgan fingerprint density at radius 3 is 2.55 bits per heavy atom. The summed E-state index contributed by atoms with van der Waals surface area (Å²) in [5.41, 5.74) is 1.00. The van der Waals surface area contributed by atoms with E-state index in [0.717, 1.165) is 0 Å². The van der Waals surface area contributed by atoms with Gasteiger partial charge in [-0.25, -0.2) is 0 Å². The molecule has 0 saturated carbocycles. The molecule has 0 aliphatic rings. The molecule has 1 heterocycles. The van der Waals surface area contributed by atoms with Crippen molar-refractivity contribution in [3.63, 3.8) is 0 Å². The second-order valence-corrected chi connectivity index (χ2v) is 6.06. The fourth-order valence-corrected chi connectivity index (χ4v) is 2.61. The predicted molar refractivity (Wildman–Crippen MR) is 86.4 cm³/mol. The van der Waals surface area contributed by atoms with E-state index in [1.54, 1.807) is 35.1 Å². The molecule has 22 heavy (non-hydrogen) atoms. The number of carbonyl (C=O) groups is 1. The van der Waals surface area contributed by atoms with Gasteiger partial charge in [0.1, 0.15) is 5.69 Å². The molecule has 0 radical (unpaired) electrons. The number of aliphatic hydroxyl groups excluding tert-OH is 1. The van der Waals surface area contributed by atoms with Gasteiger partial charge in [-0.3, -0.25) is 9.48 Å². The van der Waals surface area contributed by atoms with Gasteiger partial charge < -0.3 is 10.4 Å². The van der Waals surface area contributed by atoms with Crippen molar-refractivity contribution in [2.45, 2.75) is 26.0 Å². The Labute approximate surface area is 138 Å². The largest absolute Gasteiger partial charge is 0.387 e. The van der Waals surface area contributed by atoms with Gasteiger partial charge in [-0.15, -0.1) is 0 Å². The van der Waals surface area contributed by atoms with Crippen LogP contribution in [0.15, 0.2) is 30.5 Å². The van der Waals surface area contributed by atoms with E-state index in [9.17, 15) is 9.90 Å². The molecule has 0 spiro atoms. The summed E-state index contributed by atoms with van der Waals surface area (Å²) < 4.78 is 1.62. The molecule has 1 atom stereocenters. The van der Waals surface area contributed by atoms with Crippen molar-refractivity contribution in [2.75, 3.05) is 6.54 Å². The minimum atomic E-state index is -0.893. The van der Waals surface area contributed by atoms with Crippen molar-refractivity contribution in [2.24, 2.45) is 0 Å². The predicted octanol–water partition coefficient (Wildman–Crippen LogP) is 3.23.